The highest BCUT2D eigenvalue weighted by Gasteiger charge is 2.20. The summed E-state index contributed by atoms with van der Waals surface area (Å²) < 4.78 is 11.2. The van der Waals surface area contributed by atoms with Gasteiger partial charge in [0, 0.05) is 5.38 Å². The number of ketones is 1. The average molecular weight is 359 g/mol. The van der Waals surface area contributed by atoms with Crippen LogP contribution < -0.4 is 14.8 Å². The summed E-state index contributed by atoms with van der Waals surface area (Å²) in [5.74, 6) is 1.26. The number of amides is 1. The van der Waals surface area contributed by atoms with Crippen LogP contribution >= 0.6 is 11.3 Å². The number of hydrogen-bond donors (Lipinski definition) is 1. The zero-order valence-corrected chi connectivity index (χ0v) is 15.2. The number of fused-ring (bicyclic) bond motifs is 1. The molecule has 0 saturated carbocycles. The lowest BCUT2D eigenvalue weighted by atomic mass is 10.0. The van der Waals surface area contributed by atoms with E-state index in [-0.39, 0.29) is 17.7 Å². The minimum Gasteiger partial charge on any atom is -0.486 e. The summed E-state index contributed by atoms with van der Waals surface area (Å²) in [6.45, 7) is 4.67. The van der Waals surface area contributed by atoms with Crippen LogP contribution in [0.5, 0.6) is 11.5 Å². The smallest absolute Gasteiger partial charge is 0.252 e. The molecule has 1 aromatic carbocycles. The summed E-state index contributed by atoms with van der Waals surface area (Å²) in [4.78, 5) is 24.6. The molecule has 1 aromatic heterocycles. The second-order valence-electron chi connectivity index (χ2n) is 5.97. The number of benzene rings is 1. The van der Waals surface area contributed by atoms with Gasteiger partial charge in [-0.2, -0.15) is 0 Å². The van der Waals surface area contributed by atoms with Crippen LogP contribution in [0.1, 0.15) is 58.3 Å². The van der Waals surface area contributed by atoms with E-state index in [2.05, 4.69) is 12.2 Å². The monoisotopic (exact) mass is 359 g/mol. The maximum atomic E-state index is 12.6. The number of thiophene rings is 1. The minimum absolute atomic E-state index is 0.0269. The zero-order chi connectivity index (χ0) is 17.8. The Bertz CT molecular complexity index is 783. The van der Waals surface area contributed by atoms with Crippen molar-refractivity contribution in [3.05, 3.63) is 45.6 Å². The molecule has 0 spiro atoms. The Labute approximate surface area is 151 Å². The maximum absolute atomic E-state index is 12.6. The average Bonchev–Trinajstić information content (AvgIpc) is 3.11. The first-order valence-electron chi connectivity index (χ1n) is 8.38. The summed E-state index contributed by atoms with van der Waals surface area (Å²) in [5, 5.41) is 4.79. The molecular formula is C19H21NO4S. The largest absolute Gasteiger partial charge is 0.486 e. The van der Waals surface area contributed by atoms with Gasteiger partial charge in [0.2, 0.25) is 0 Å². The topological polar surface area (TPSA) is 64.6 Å². The molecule has 0 bridgehead atoms. The van der Waals surface area contributed by atoms with E-state index in [1.54, 1.807) is 11.4 Å². The summed E-state index contributed by atoms with van der Waals surface area (Å²) in [6.07, 6.45) is 1.75. The molecule has 1 atom stereocenters. The van der Waals surface area contributed by atoms with Crippen LogP contribution in [0.4, 0.5) is 0 Å². The number of rotatable bonds is 6. The molecule has 2 aromatic rings. The molecule has 2 heterocycles. The molecule has 0 fully saturated rings. The number of hydrogen-bond acceptors (Lipinski definition) is 5. The molecule has 1 aliphatic heterocycles. The predicted molar refractivity (Wildman–Crippen MR) is 96.9 cm³/mol. The van der Waals surface area contributed by atoms with E-state index in [4.69, 9.17) is 9.47 Å². The lowest BCUT2D eigenvalue weighted by Gasteiger charge is -2.22. The molecule has 0 saturated heterocycles. The highest BCUT2D eigenvalue weighted by atomic mass is 32.1. The molecule has 1 aliphatic rings. The molecule has 25 heavy (non-hydrogen) atoms. The first-order chi connectivity index (χ1) is 12.1. The zero-order valence-electron chi connectivity index (χ0n) is 14.3. The van der Waals surface area contributed by atoms with E-state index in [1.807, 2.05) is 18.2 Å². The predicted octanol–water partition coefficient (Wildman–Crippen LogP) is 3.99. The third kappa shape index (κ3) is 4.02. The Morgan fingerprint density at radius 1 is 1.20 bits per heavy atom. The molecule has 5 nitrogen and oxygen atoms in total. The quantitative estimate of drug-likeness (QED) is 0.792. The Balaban J connectivity index is 1.78. The first-order valence-corrected chi connectivity index (χ1v) is 9.26. The summed E-state index contributed by atoms with van der Waals surface area (Å²) in [6, 6.07) is 7.31. The van der Waals surface area contributed by atoms with Gasteiger partial charge in [-0.15, -0.1) is 11.3 Å². The van der Waals surface area contributed by atoms with Crippen molar-refractivity contribution in [3.8, 4) is 11.5 Å². The van der Waals surface area contributed by atoms with Gasteiger partial charge >= 0.3 is 0 Å². The highest BCUT2D eigenvalue weighted by molar-refractivity contribution is 7.12. The highest BCUT2D eigenvalue weighted by Crippen LogP contribution is 2.33. The van der Waals surface area contributed by atoms with E-state index >= 15 is 0 Å². The van der Waals surface area contributed by atoms with Crippen molar-refractivity contribution < 1.29 is 19.1 Å². The standard InChI is InChI=1S/C19H21NO4S/c1-3-4-15(13-5-6-16-17(9-13)24-8-7-23-16)20-19(22)14-10-18(12(2)21)25-11-14/h5-6,9-11,15H,3-4,7-8H2,1-2H3,(H,20,22)/t15-/m0/s1. The molecule has 0 radical (unpaired) electrons. The van der Waals surface area contributed by atoms with Gasteiger partial charge in [-0.25, -0.2) is 0 Å². The van der Waals surface area contributed by atoms with Gasteiger partial charge in [0.15, 0.2) is 17.3 Å². The number of carbonyl (C=O) groups excluding carboxylic acids is 2. The second-order valence-corrected chi connectivity index (χ2v) is 6.88. The molecule has 132 valence electrons. The van der Waals surface area contributed by atoms with Crippen molar-refractivity contribution in [2.45, 2.75) is 32.7 Å². The van der Waals surface area contributed by atoms with E-state index in [1.165, 1.54) is 18.3 Å². The van der Waals surface area contributed by atoms with Crippen molar-refractivity contribution in [3.63, 3.8) is 0 Å². The molecule has 1 N–H and O–H groups in total. The van der Waals surface area contributed by atoms with Crippen LogP contribution in [0, 0.1) is 0 Å². The first kappa shape index (κ1) is 17.5. The van der Waals surface area contributed by atoms with Crippen LogP contribution in [0.15, 0.2) is 29.6 Å². The van der Waals surface area contributed by atoms with Crippen LogP contribution in [0.3, 0.4) is 0 Å². The van der Waals surface area contributed by atoms with Gasteiger partial charge in [-0.3, -0.25) is 9.59 Å². The van der Waals surface area contributed by atoms with Gasteiger partial charge < -0.3 is 14.8 Å². The third-order valence-electron chi connectivity index (χ3n) is 4.06. The van der Waals surface area contributed by atoms with Gasteiger partial charge in [0.25, 0.3) is 5.91 Å². The molecular weight excluding hydrogens is 338 g/mol. The fourth-order valence-corrected chi connectivity index (χ4v) is 3.56. The van der Waals surface area contributed by atoms with Crippen molar-refractivity contribution in [2.24, 2.45) is 0 Å². The maximum Gasteiger partial charge on any atom is 0.252 e. The van der Waals surface area contributed by atoms with Gasteiger partial charge in [-0.1, -0.05) is 19.4 Å². The van der Waals surface area contributed by atoms with Crippen molar-refractivity contribution >= 4 is 23.0 Å². The fraction of sp³-hybridized carbons (Fsp3) is 0.368. The second kappa shape index (κ2) is 7.70. The fourth-order valence-electron chi connectivity index (χ4n) is 2.77. The SMILES string of the molecule is CCC[C@H](NC(=O)c1csc(C(C)=O)c1)c1ccc2c(c1)OCCO2. The van der Waals surface area contributed by atoms with Crippen LogP contribution in [0.2, 0.25) is 0 Å². The Morgan fingerprint density at radius 3 is 2.64 bits per heavy atom. The summed E-state index contributed by atoms with van der Waals surface area (Å²) in [7, 11) is 0. The molecule has 1 amide bonds. The van der Waals surface area contributed by atoms with Crippen molar-refractivity contribution in [2.75, 3.05) is 13.2 Å². The van der Waals surface area contributed by atoms with Gasteiger partial charge in [-0.05, 0) is 37.1 Å². The Morgan fingerprint density at radius 2 is 1.96 bits per heavy atom. The van der Waals surface area contributed by atoms with Gasteiger partial charge in [0.05, 0.1) is 16.5 Å². The summed E-state index contributed by atoms with van der Waals surface area (Å²) >= 11 is 1.29. The van der Waals surface area contributed by atoms with Gasteiger partial charge in [0.1, 0.15) is 13.2 Å². The lowest BCUT2D eigenvalue weighted by Crippen LogP contribution is -2.28. The van der Waals surface area contributed by atoms with Crippen molar-refractivity contribution in [1.82, 2.24) is 5.32 Å². The number of Topliss-reactive ketones (excluding diaryl/α,β-unsaturated/α-hetero) is 1. The van der Waals surface area contributed by atoms with Crippen molar-refractivity contribution in [1.29, 1.82) is 0 Å². The van der Waals surface area contributed by atoms with Crippen LogP contribution in [-0.2, 0) is 0 Å². The molecule has 0 aliphatic carbocycles. The number of carbonyl (C=O) groups is 2. The minimum atomic E-state index is -0.169. The van der Waals surface area contributed by atoms with E-state index < -0.39 is 0 Å². The molecule has 0 unspecified atom stereocenters. The van der Waals surface area contributed by atoms with Crippen LogP contribution in [0.25, 0.3) is 0 Å². The van der Waals surface area contributed by atoms with Crippen LogP contribution in [-0.4, -0.2) is 24.9 Å². The molecule has 6 heteroatoms. The normalized spacial score (nSPS) is 14.0. The Kier molecular flexibility index (Phi) is 5.38. The number of ether oxygens (including phenoxy) is 2. The van der Waals surface area contributed by atoms with E-state index in [0.29, 0.717) is 29.4 Å². The Hall–Kier alpha value is -2.34. The third-order valence-corrected chi connectivity index (χ3v) is 5.09. The molecule has 3 rings (SSSR count). The van der Waals surface area contributed by atoms with E-state index in [9.17, 15) is 9.59 Å². The number of nitrogens with one attached hydrogen (secondary N) is 1. The van der Waals surface area contributed by atoms with E-state index in [0.717, 1.165) is 24.2 Å². The summed E-state index contributed by atoms with van der Waals surface area (Å²) in [5.41, 5.74) is 1.51. The lowest BCUT2D eigenvalue weighted by molar-refractivity contribution is 0.0934.